The summed E-state index contributed by atoms with van der Waals surface area (Å²) in [6, 6.07) is 0.912. The van der Waals surface area contributed by atoms with E-state index in [2.05, 4.69) is 10.0 Å². The van der Waals surface area contributed by atoms with Crippen LogP contribution in [0, 0.1) is 6.92 Å². The number of hydrogen-bond acceptors (Lipinski definition) is 5. The quantitative estimate of drug-likeness (QED) is 0.486. The van der Waals surface area contributed by atoms with Gasteiger partial charge in [0.15, 0.2) is 11.5 Å². The fourth-order valence-electron chi connectivity index (χ4n) is 1.90. The van der Waals surface area contributed by atoms with Crippen molar-refractivity contribution in [3.8, 4) is 17.2 Å². The second-order valence-corrected chi connectivity index (χ2v) is 3.76. The van der Waals surface area contributed by atoms with Crippen molar-refractivity contribution in [3.05, 3.63) is 27.6 Å². The number of aliphatic hydroxyl groups is 1. The molecule has 0 bridgehead atoms. The van der Waals surface area contributed by atoms with Gasteiger partial charge in [-0.3, -0.25) is 0 Å². The molecule has 0 heterocycles. The smallest absolute Gasteiger partial charge is 0.167 e. The molecule has 0 saturated carbocycles. The van der Waals surface area contributed by atoms with Gasteiger partial charge in [-0.15, -0.1) is 0 Å². The summed E-state index contributed by atoms with van der Waals surface area (Å²) < 4.78 is 15.9. The van der Waals surface area contributed by atoms with Crippen molar-refractivity contribution < 1.29 is 19.3 Å². The van der Waals surface area contributed by atoms with Crippen LogP contribution in [-0.2, 0) is 0 Å². The van der Waals surface area contributed by atoms with Crippen molar-refractivity contribution in [2.24, 2.45) is 5.11 Å². The van der Waals surface area contributed by atoms with Gasteiger partial charge in [0.25, 0.3) is 0 Å². The zero-order valence-electron chi connectivity index (χ0n) is 11.4. The van der Waals surface area contributed by atoms with Crippen molar-refractivity contribution in [3.63, 3.8) is 0 Å². The molecule has 0 radical (unpaired) electrons. The minimum Gasteiger partial charge on any atom is -0.496 e. The van der Waals surface area contributed by atoms with Crippen LogP contribution in [0.2, 0.25) is 0 Å². The lowest BCUT2D eigenvalue weighted by Gasteiger charge is -2.20. The third-order valence-corrected chi connectivity index (χ3v) is 2.82. The van der Waals surface area contributed by atoms with Gasteiger partial charge in [0.05, 0.1) is 34.0 Å². The normalized spacial score (nSPS) is 11.4. The molecule has 0 aliphatic carbocycles. The molecule has 7 nitrogen and oxygen atoms in total. The van der Waals surface area contributed by atoms with Gasteiger partial charge in [0, 0.05) is 16.0 Å². The summed E-state index contributed by atoms with van der Waals surface area (Å²) in [5.41, 5.74) is 9.83. The first-order valence-corrected chi connectivity index (χ1v) is 5.59. The van der Waals surface area contributed by atoms with Gasteiger partial charge in [-0.05, 0) is 18.5 Å². The van der Waals surface area contributed by atoms with Crippen LogP contribution in [-0.4, -0.2) is 33.0 Å². The molecule has 7 heteroatoms. The minimum atomic E-state index is -0.761. The van der Waals surface area contributed by atoms with E-state index in [1.807, 2.05) is 6.92 Å². The molecule has 0 unspecified atom stereocenters. The lowest BCUT2D eigenvalue weighted by molar-refractivity contribution is 0.262. The maximum Gasteiger partial charge on any atom is 0.167 e. The summed E-state index contributed by atoms with van der Waals surface area (Å²) in [5.74, 6) is 1.48. The number of methoxy groups -OCH3 is 3. The van der Waals surface area contributed by atoms with Crippen molar-refractivity contribution in [2.75, 3.05) is 27.9 Å². The van der Waals surface area contributed by atoms with Gasteiger partial charge in [0.1, 0.15) is 5.75 Å². The third kappa shape index (κ3) is 2.83. The molecule has 1 N–H and O–H groups in total. The summed E-state index contributed by atoms with van der Waals surface area (Å²) >= 11 is 0. The highest BCUT2D eigenvalue weighted by Crippen LogP contribution is 2.43. The predicted molar refractivity (Wildman–Crippen MR) is 69.8 cm³/mol. The van der Waals surface area contributed by atoms with E-state index in [0.29, 0.717) is 22.8 Å². The second-order valence-electron chi connectivity index (χ2n) is 3.76. The summed E-state index contributed by atoms with van der Waals surface area (Å²) in [6.07, 6.45) is 0. The second kappa shape index (κ2) is 6.72. The van der Waals surface area contributed by atoms with Crippen molar-refractivity contribution in [1.29, 1.82) is 0 Å². The van der Waals surface area contributed by atoms with Crippen LogP contribution in [0.15, 0.2) is 11.2 Å². The van der Waals surface area contributed by atoms with E-state index in [1.54, 1.807) is 6.07 Å². The topological polar surface area (TPSA) is 96.7 Å². The number of azide groups is 1. The van der Waals surface area contributed by atoms with Crippen molar-refractivity contribution >= 4 is 0 Å². The summed E-state index contributed by atoms with van der Waals surface area (Å²) in [6.45, 7) is 1.49. The van der Waals surface area contributed by atoms with Gasteiger partial charge >= 0.3 is 0 Å². The number of hydrogen-bond donors (Lipinski definition) is 1. The fraction of sp³-hybridized carbons (Fsp3) is 0.500. The summed E-state index contributed by atoms with van der Waals surface area (Å²) in [4.78, 5) is 2.72. The van der Waals surface area contributed by atoms with Crippen LogP contribution in [0.1, 0.15) is 17.2 Å². The Morgan fingerprint density at radius 1 is 1.26 bits per heavy atom. The van der Waals surface area contributed by atoms with Gasteiger partial charge in [-0.2, -0.15) is 0 Å². The Bertz CT molecular complexity index is 498. The molecule has 1 rings (SSSR count). The lowest BCUT2D eigenvalue weighted by atomic mass is 10.0. The highest BCUT2D eigenvalue weighted by Gasteiger charge is 2.22. The van der Waals surface area contributed by atoms with E-state index >= 15 is 0 Å². The van der Waals surface area contributed by atoms with E-state index in [1.165, 1.54) is 21.3 Å². The predicted octanol–water partition coefficient (Wildman–Crippen LogP) is 2.36. The van der Waals surface area contributed by atoms with E-state index in [4.69, 9.17) is 19.7 Å². The Hall–Kier alpha value is -2.11. The molecule has 0 saturated heterocycles. The number of nitrogens with zero attached hydrogens (tertiary/aromatic N) is 3. The molecule has 1 aromatic rings. The lowest BCUT2D eigenvalue weighted by Crippen LogP contribution is -2.06. The zero-order chi connectivity index (χ0) is 14.4. The van der Waals surface area contributed by atoms with Gasteiger partial charge < -0.3 is 19.3 Å². The van der Waals surface area contributed by atoms with E-state index < -0.39 is 6.04 Å². The number of aliphatic hydroxyl groups excluding tert-OH is 1. The van der Waals surface area contributed by atoms with Gasteiger partial charge in [-0.1, -0.05) is 5.11 Å². The van der Waals surface area contributed by atoms with Crippen molar-refractivity contribution in [2.45, 2.75) is 13.0 Å². The van der Waals surface area contributed by atoms with Gasteiger partial charge in [0.2, 0.25) is 0 Å². The van der Waals surface area contributed by atoms with E-state index in [-0.39, 0.29) is 6.61 Å². The zero-order valence-corrected chi connectivity index (χ0v) is 11.4. The molecular formula is C12H17N3O4. The monoisotopic (exact) mass is 267 g/mol. The van der Waals surface area contributed by atoms with E-state index in [9.17, 15) is 5.11 Å². The summed E-state index contributed by atoms with van der Waals surface area (Å²) in [5, 5.41) is 12.9. The maximum absolute atomic E-state index is 9.32. The number of ether oxygens (including phenoxy) is 3. The minimum absolute atomic E-state index is 0.338. The molecule has 1 aromatic carbocycles. The Morgan fingerprint density at radius 3 is 2.32 bits per heavy atom. The number of benzene rings is 1. The van der Waals surface area contributed by atoms with Crippen molar-refractivity contribution in [1.82, 2.24) is 0 Å². The molecule has 0 fully saturated rings. The Labute approximate surface area is 111 Å². The highest BCUT2D eigenvalue weighted by atomic mass is 16.5. The third-order valence-electron chi connectivity index (χ3n) is 2.82. The van der Waals surface area contributed by atoms with Crippen LogP contribution >= 0.6 is 0 Å². The molecule has 0 spiro atoms. The molecule has 19 heavy (non-hydrogen) atoms. The molecule has 104 valence electrons. The molecule has 1 atom stereocenters. The molecule has 0 aliphatic rings. The molecular weight excluding hydrogens is 250 g/mol. The van der Waals surface area contributed by atoms with Crippen LogP contribution in [0.4, 0.5) is 0 Å². The van der Waals surface area contributed by atoms with Crippen LogP contribution < -0.4 is 14.2 Å². The molecule has 0 amide bonds. The fourth-order valence-corrected chi connectivity index (χ4v) is 1.90. The first-order valence-electron chi connectivity index (χ1n) is 5.59. The SMILES string of the molecule is COc1cc([C@H](CO)N=[N+]=[N-])c(OC)c(OC)c1C. The van der Waals surface area contributed by atoms with Crippen LogP contribution in [0.5, 0.6) is 17.2 Å². The summed E-state index contributed by atoms with van der Waals surface area (Å²) in [7, 11) is 4.52. The average molecular weight is 267 g/mol. The molecule has 0 aliphatic heterocycles. The number of rotatable bonds is 6. The average Bonchev–Trinajstić information content (AvgIpc) is 2.44. The largest absolute Gasteiger partial charge is 0.496 e. The Kier molecular flexibility index (Phi) is 5.29. The first kappa shape index (κ1) is 14.9. The van der Waals surface area contributed by atoms with Gasteiger partial charge in [-0.25, -0.2) is 0 Å². The highest BCUT2D eigenvalue weighted by molar-refractivity contribution is 5.58. The Balaban J connectivity index is 3.56. The standard InChI is InChI=1S/C12H17N3O4/c1-7-10(17-2)5-8(9(6-16)14-15-13)12(19-4)11(7)18-3/h5,9,16H,6H2,1-4H3/t9-/m0/s1. The van der Waals surface area contributed by atoms with E-state index in [0.717, 1.165) is 5.56 Å². The van der Waals surface area contributed by atoms with Crippen LogP contribution in [0.25, 0.3) is 10.4 Å². The maximum atomic E-state index is 9.32. The molecule has 0 aromatic heterocycles. The van der Waals surface area contributed by atoms with Crippen LogP contribution in [0.3, 0.4) is 0 Å². The Morgan fingerprint density at radius 2 is 1.89 bits per heavy atom. The first-order chi connectivity index (χ1) is 9.14.